The number of likely N-dealkylation sites (N-methyl/N-ethyl adjacent to an activating group) is 1. The van der Waals surface area contributed by atoms with E-state index in [1.54, 1.807) is 18.0 Å². The molecule has 0 radical (unpaired) electrons. The summed E-state index contributed by atoms with van der Waals surface area (Å²) in [6, 6.07) is 11.3. The highest BCUT2D eigenvalue weighted by atomic mass is 19.1. The molecular weight excluding hydrogens is 373 g/mol. The first kappa shape index (κ1) is 17.9. The third kappa shape index (κ3) is 2.89. The Bertz CT molecular complexity index is 1160. The number of H-pyrrole nitrogens is 1. The number of carbonyl (C=O) groups excluding carboxylic acids is 1. The second-order valence-corrected chi connectivity index (χ2v) is 7.57. The molecule has 2 aliphatic heterocycles. The Labute approximate surface area is 166 Å². The minimum absolute atomic E-state index is 0.0517. The van der Waals surface area contributed by atoms with E-state index in [1.807, 2.05) is 24.3 Å². The van der Waals surface area contributed by atoms with Gasteiger partial charge in [0, 0.05) is 30.4 Å². The summed E-state index contributed by atoms with van der Waals surface area (Å²) in [5.41, 5.74) is 3.18. The van der Waals surface area contributed by atoms with Gasteiger partial charge in [-0.05, 0) is 29.1 Å². The minimum atomic E-state index is -0.469. The Morgan fingerprint density at radius 3 is 2.86 bits per heavy atom. The fourth-order valence-corrected chi connectivity index (χ4v) is 4.38. The van der Waals surface area contributed by atoms with Crippen molar-refractivity contribution in [2.24, 2.45) is 0 Å². The highest BCUT2D eigenvalue weighted by molar-refractivity contribution is 5.90. The second kappa shape index (κ2) is 6.70. The van der Waals surface area contributed by atoms with Crippen molar-refractivity contribution >= 4 is 22.4 Å². The molecule has 1 amide bonds. The number of aromatic nitrogens is 1. The fourth-order valence-electron chi connectivity index (χ4n) is 4.38. The number of benzene rings is 2. The summed E-state index contributed by atoms with van der Waals surface area (Å²) >= 11 is 0. The molecule has 0 aliphatic carbocycles. The van der Waals surface area contributed by atoms with E-state index in [1.165, 1.54) is 12.1 Å². The molecular formula is C22H20FN3O3. The van der Waals surface area contributed by atoms with Gasteiger partial charge in [-0.1, -0.05) is 24.3 Å². The van der Waals surface area contributed by atoms with E-state index in [-0.39, 0.29) is 35.5 Å². The number of hydrogen-bond donors (Lipinski definition) is 2. The predicted octanol–water partition coefficient (Wildman–Crippen LogP) is 2.73. The molecule has 6 nitrogen and oxygen atoms in total. The van der Waals surface area contributed by atoms with Crippen LogP contribution in [0.25, 0.3) is 10.8 Å². The zero-order valence-corrected chi connectivity index (χ0v) is 15.9. The predicted molar refractivity (Wildman–Crippen MR) is 107 cm³/mol. The quantitative estimate of drug-likeness (QED) is 0.702. The smallest absolute Gasteiger partial charge is 0.256 e. The Morgan fingerprint density at radius 1 is 1.21 bits per heavy atom. The molecule has 3 aromatic rings. The average molecular weight is 393 g/mol. The van der Waals surface area contributed by atoms with Gasteiger partial charge < -0.3 is 19.9 Å². The number of anilines is 1. The van der Waals surface area contributed by atoms with Crippen molar-refractivity contribution in [2.75, 3.05) is 19.0 Å². The number of amides is 1. The summed E-state index contributed by atoms with van der Waals surface area (Å²) in [4.78, 5) is 30.1. The van der Waals surface area contributed by atoms with Gasteiger partial charge in [-0.3, -0.25) is 9.59 Å². The van der Waals surface area contributed by atoms with Crippen LogP contribution in [0.5, 0.6) is 0 Å². The molecule has 0 spiro atoms. The number of halogens is 1. The normalized spacial score (nSPS) is 20.1. The van der Waals surface area contributed by atoms with E-state index in [4.69, 9.17) is 4.74 Å². The van der Waals surface area contributed by atoms with Crippen LogP contribution in [-0.4, -0.2) is 35.5 Å². The van der Waals surface area contributed by atoms with Gasteiger partial charge in [-0.15, -0.1) is 0 Å². The van der Waals surface area contributed by atoms with Crippen LogP contribution in [0.3, 0.4) is 0 Å². The summed E-state index contributed by atoms with van der Waals surface area (Å²) in [7, 11) is 1.75. The van der Waals surface area contributed by atoms with Gasteiger partial charge in [-0.25, -0.2) is 4.39 Å². The van der Waals surface area contributed by atoms with Crippen LogP contribution in [-0.2, 0) is 22.6 Å². The number of hydrogen-bond acceptors (Lipinski definition) is 4. The lowest BCUT2D eigenvalue weighted by atomic mass is 9.95. The van der Waals surface area contributed by atoms with Crippen LogP contribution < -0.4 is 10.9 Å². The summed E-state index contributed by atoms with van der Waals surface area (Å²) in [5.74, 6) is -0.520. The van der Waals surface area contributed by atoms with E-state index >= 15 is 0 Å². The standard InChI is InChI=1S/C22H20FN3O3/c1-26(22(28)17-8-12-4-2-3-5-16(12)24-17)19-11-29-10-18-20(19)14-7-6-13(23)9-15(14)21(27)25-18/h2-7,9,17,19,24H,8,10-11H2,1H3,(H,25,27)/t17-,19?/m1/s1. The summed E-state index contributed by atoms with van der Waals surface area (Å²) < 4.78 is 19.4. The van der Waals surface area contributed by atoms with E-state index in [0.29, 0.717) is 24.1 Å². The molecule has 0 fully saturated rings. The molecule has 148 valence electrons. The van der Waals surface area contributed by atoms with Gasteiger partial charge in [0.05, 0.1) is 24.6 Å². The van der Waals surface area contributed by atoms with E-state index in [2.05, 4.69) is 10.3 Å². The molecule has 5 rings (SSSR count). The molecule has 1 aromatic heterocycles. The molecule has 1 unspecified atom stereocenters. The van der Waals surface area contributed by atoms with E-state index in [9.17, 15) is 14.0 Å². The van der Waals surface area contributed by atoms with E-state index in [0.717, 1.165) is 16.8 Å². The van der Waals surface area contributed by atoms with Gasteiger partial charge in [0.2, 0.25) is 5.91 Å². The van der Waals surface area contributed by atoms with Crippen LogP contribution in [0, 0.1) is 5.82 Å². The molecule has 7 heteroatoms. The fraction of sp³-hybridized carbons (Fsp3) is 0.273. The number of aromatic amines is 1. The maximum Gasteiger partial charge on any atom is 0.256 e. The zero-order valence-electron chi connectivity index (χ0n) is 15.9. The number of para-hydroxylation sites is 1. The van der Waals surface area contributed by atoms with Gasteiger partial charge in [0.15, 0.2) is 0 Å². The largest absolute Gasteiger partial charge is 0.373 e. The first-order valence-electron chi connectivity index (χ1n) is 9.56. The molecule has 0 bridgehead atoms. The monoisotopic (exact) mass is 393 g/mol. The van der Waals surface area contributed by atoms with Crippen LogP contribution >= 0.6 is 0 Å². The van der Waals surface area contributed by atoms with Crippen LogP contribution in [0.1, 0.15) is 22.9 Å². The summed E-state index contributed by atoms with van der Waals surface area (Å²) in [5, 5.41) is 4.23. The highest BCUT2D eigenvalue weighted by Crippen LogP contribution is 2.34. The number of ether oxygens (including phenoxy) is 1. The Kier molecular flexibility index (Phi) is 4.13. The van der Waals surface area contributed by atoms with Gasteiger partial charge in [0.1, 0.15) is 11.9 Å². The molecule has 3 heterocycles. The minimum Gasteiger partial charge on any atom is -0.373 e. The van der Waals surface area contributed by atoms with Crippen LogP contribution in [0.2, 0.25) is 0 Å². The van der Waals surface area contributed by atoms with Crippen LogP contribution in [0.4, 0.5) is 10.1 Å². The van der Waals surface area contributed by atoms with Crippen molar-refractivity contribution in [3.8, 4) is 0 Å². The summed E-state index contributed by atoms with van der Waals surface area (Å²) in [6.07, 6.45) is 0.622. The topological polar surface area (TPSA) is 74.4 Å². The maximum atomic E-state index is 13.7. The zero-order chi connectivity index (χ0) is 20.1. The van der Waals surface area contributed by atoms with Crippen LogP contribution in [0.15, 0.2) is 47.3 Å². The summed E-state index contributed by atoms with van der Waals surface area (Å²) in [6.45, 7) is 0.566. The Balaban J connectivity index is 1.52. The molecule has 2 aromatic carbocycles. The first-order chi connectivity index (χ1) is 14.0. The van der Waals surface area contributed by atoms with Crippen molar-refractivity contribution in [2.45, 2.75) is 25.1 Å². The average Bonchev–Trinajstić information content (AvgIpc) is 3.16. The number of carbonyl (C=O) groups is 1. The van der Waals surface area contributed by atoms with Gasteiger partial charge in [0.25, 0.3) is 5.56 Å². The lowest BCUT2D eigenvalue weighted by Gasteiger charge is -2.35. The first-order valence-corrected chi connectivity index (χ1v) is 9.56. The maximum absolute atomic E-state index is 13.7. The van der Waals surface area contributed by atoms with Crippen molar-refractivity contribution in [3.05, 3.63) is 75.5 Å². The lowest BCUT2D eigenvalue weighted by molar-refractivity contribution is -0.134. The molecule has 0 saturated carbocycles. The highest BCUT2D eigenvalue weighted by Gasteiger charge is 2.35. The van der Waals surface area contributed by atoms with Gasteiger partial charge in [-0.2, -0.15) is 0 Å². The lowest BCUT2D eigenvalue weighted by Crippen LogP contribution is -2.44. The third-order valence-corrected chi connectivity index (χ3v) is 5.85. The SMILES string of the molecule is CN(C(=O)[C@H]1Cc2ccccc2N1)C1COCc2[nH]c(=O)c3cc(F)ccc3c21. The number of nitrogens with one attached hydrogen (secondary N) is 2. The second-order valence-electron chi connectivity index (χ2n) is 7.57. The van der Waals surface area contributed by atoms with Crippen molar-refractivity contribution in [3.63, 3.8) is 0 Å². The molecule has 2 atom stereocenters. The number of pyridine rings is 1. The Morgan fingerprint density at radius 2 is 2.03 bits per heavy atom. The van der Waals surface area contributed by atoms with Crippen molar-refractivity contribution in [1.82, 2.24) is 9.88 Å². The Hall–Kier alpha value is -3.19. The van der Waals surface area contributed by atoms with Gasteiger partial charge >= 0.3 is 0 Å². The van der Waals surface area contributed by atoms with Crippen molar-refractivity contribution in [1.29, 1.82) is 0 Å². The molecule has 29 heavy (non-hydrogen) atoms. The van der Waals surface area contributed by atoms with E-state index < -0.39 is 5.82 Å². The number of nitrogens with zero attached hydrogens (tertiary/aromatic N) is 1. The number of rotatable bonds is 2. The molecule has 2 N–H and O–H groups in total. The molecule has 0 saturated heterocycles. The number of fused-ring (bicyclic) bond motifs is 4. The molecule has 2 aliphatic rings. The third-order valence-electron chi connectivity index (χ3n) is 5.85. The van der Waals surface area contributed by atoms with Crippen molar-refractivity contribution < 1.29 is 13.9 Å².